The second-order valence-corrected chi connectivity index (χ2v) is 5.86. The fraction of sp³-hybridized carbons (Fsp3) is 0.615. The Kier molecular flexibility index (Phi) is 3.71. The predicted octanol–water partition coefficient (Wildman–Crippen LogP) is 1.37. The molecule has 1 atom stereocenters. The second kappa shape index (κ2) is 5.13. The number of aliphatic hydroxyl groups is 1. The van der Waals surface area contributed by atoms with Gasteiger partial charge < -0.3 is 15.3 Å². The Labute approximate surface area is 112 Å². The molecule has 0 aromatic carbocycles. The van der Waals surface area contributed by atoms with Gasteiger partial charge in [0.2, 0.25) is 0 Å². The van der Waals surface area contributed by atoms with Crippen LogP contribution < -0.4 is 5.32 Å². The monoisotopic (exact) mass is 264 g/mol. The van der Waals surface area contributed by atoms with Gasteiger partial charge in [-0.25, -0.2) is 14.8 Å². The number of nitrogens with one attached hydrogen (secondary N) is 1. The Morgan fingerprint density at radius 1 is 1.42 bits per heavy atom. The third kappa shape index (κ3) is 3.41. The number of aliphatic hydroxyl groups excluding tert-OH is 1. The number of hydrogen-bond acceptors (Lipinski definition) is 4. The van der Waals surface area contributed by atoms with E-state index in [0.29, 0.717) is 25.2 Å². The molecule has 104 valence electrons. The van der Waals surface area contributed by atoms with Gasteiger partial charge in [0.1, 0.15) is 5.82 Å². The lowest BCUT2D eigenvalue weighted by Crippen LogP contribution is -2.33. The third-order valence-electron chi connectivity index (χ3n) is 3.02. The number of β-amino-alcohol motifs (C(OH)–C–C–N with tert-alkyl or cyclic N) is 1. The number of carbonyl (C=O) groups is 1. The van der Waals surface area contributed by atoms with Gasteiger partial charge in [-0.3, -0.25) is 0 Å². The van der Waals surface area contributed by atoms with E-state index < -0.39 is 6.10 Å². The zero-order valence-electron chi connectivity index (χ0n) is 11.6. The molecule has 19 heavy (non-hydrogen) atoms. The van der Waals surface area contributed by atoms with Gasteiger partial charge in [0.15, 0.2) is 0 Å². The lowest BCUT2D eigenvalue weighted by atomic mass is 9.96. The highest BCUT2D eigenvalue weighted by molar-refractivity contribution is 5.89. The zero-order chi connectivity index (χ0) is 14.0. The Morgan fingerprint density at radius 3 is 2.53 bits per heavy atom. The van der Waals surface area contributed by atoms with Crippen LogP contribution in [0.15, 0.2) is 12.4 Å². The summed E-state index contributed by atoms with van der Waals surface area (Å²) in [6, 6.07) is -0.219. The van der Waals surface area contributed by atoms with E-state index in [-0.39, 0.29) is 11.4 Å². The van der Waals surface area contributed by atoms with Crippen LogP contribution in [-0.4, -0.2) is 45.2 Å². The minimum absolute atomic E-state index is 0.110. The van der Waals surface area contributed by atoms with Crippen molar-refractivity contribution >= 4 is 11.7 Å². The lowest BCUT2D eigenvalue weighted by Gasteiger charge is -2.18. The predicted molar refractivity (Wildman–Crippen MR) is 71.9 cm³/mol. The van der Waals surface area contributed by atoms with Gasteiger partial charge in [-0.15, -0.1) is 0 Å². The summed E-state index contributed by atoms with van der Waals surface area (Å²) in [6.45, 7) is 7.06. The van der Waals surface area contributed by atoms with Crippen molar-refractivity contribution in [1.29, 1.82) is 0 Å². The number of rotatable bonds is 1. The average Bonchev–Trinajstić information content (AvgIpc) is 2.75. The molecule has 1 aromatic rings. The van der Waals surface area contributed by atoms with Crippen LogP contribution >= 0.6 is 0 Å². The molecule has 6 nitrogen and oxygen atoms in total. The first-order valence-corrected chi connectivity index (χ1v) is 6.43. The molecule has 0 bridgehead atoms. The topological polar surface area (TPSA) is 78.4 Å². The highest BCUT2D eigenvalue weighted by Gasteiger charge is 2.24. The number of urea groups is 1. The molecule has 0 radical (unpaired) electrons. The second-order valence-electron chi connectivity index (χ2n) is 5.86. The Hall–Kier alpha value is -1.69. The molecule has 1 aromatic heterocycles. The van der Waals surface area contributed by atoms with E-state index in [4.69, 9.17) is 0 Å². The molecular weight excluding hydrogens is 244 g/mol. The Morgan fingerprint density at radius 2 is 2.05 bits per heavy atom. The quantitative estimate of drug-likeness (QED) is 0.803. The SMILES string of the molecule is CC(C)(C)c1ncc(NC(=O)N2CC[C@H](O)C2)cn1. The number of anilines is 1. The Bertz CT molecular complexity index is 453. The third-order valence-corrected chi connectivity index (χ3v) is 3.02. The highest BCUT2D eigenvalue weighted by atomic mass is 16.3. The first kappa shape index (κ1) is 13.7. The van der Waals surface area contributed by atoms with E-state index in [0.717, 1.165) is 5.82 Å². The standard InChI is InChI=1S/C13H20N4O2/c1-13(2,3)11-14-6-9(7-15-11)16-12(19)17-5-4-10(18)8-17/h6-7,10,18H,4-5,8H2,1-3H3,(H,16,19)/t10-/m0/s1. The summed E-state index contributed by atoms with van der Waals surface area (Å²) >= 11 is 0. The summed E-state index contributed by atoms with van der Waals surface area (Å²) in [5, 5.41) is 12.1. The average molecular weight is 264 g/mol. The van der Waals surface area contributed by atoms with Crippen molar-refractivity contribution in [2.75, 3.05) is 18.4 Å². The smallest absolute Gasteiger partial charge is 0.322 e. The summed E-state index contributed by atoms with van der Waals surface area (Å²) in [4.78, 5) is 22.0. The minimum atomic E-state index is -0.412. The fourth-order valence-corrected chi connectivity index (χ4v) is 1.91. The van der Waals surface area contributed by atoms with Crippen molar-refractivity contribution in [1.82, 2.24) is 14.9 Å². The molecule has 1 fully saturated rings. The molecular formula is C13H20N4O2. The van der Waals surface area contributed by atoms with Gasteiger partial charge in [0.05, 0.1) is 24.2 Å². The van der Waals surface area contributed by atoms with E-state index in [1.807, 2.05) is 20.8 Å². The maximum absolute atomic E-state index is 11.9. The van der Waals surface area contributed by atoms with Gasteiger partial charge in [-0.05, 0) is 6.42 Å². The van der Waals surface area contributed by atoms with E-state index in [1.165, 1.54) is 0 Å². The van der Waals surface area contributed by atoms with Crippen molar-refractivity contribution < 1.29 is 9.90 Å². The molecule has 6 heteroatoms. The van der Waals surface area contributed by atoms with Crippen molar-refractivity contribution in [2.24, 2.45) is 0 Å². The number of hydrogen-bond donors (Lipinski definition) is 2. The molecule has 0 spiro atoms. The van der Waals surface area contributed by atoms with Gasteiger partial charge in [-0.1, -0.05) is 20.8 Å². The van der Waals surface area contributed by atoms with Gasteiger partial charge in [-0.2, -0.15) is 0 Å². The van der Waals surface area contributed by atoms with Crippen LogP contribution in [0.25, 0.3) is 0 Å². The van der Waals surface area contributed by atoms with E-state index in [2.05, 4.69) is 15.3 Å². The summed E-state index contributed by atoms with van der Waals surface area (Å²) in [6.07, 6.45) is 3.44. The summed E-state index contributed by atoms with van der Waals surface area (Å²) < 4.78 is 0. The Balaban J connectivity index is 1.98. The lowest BCUT2D eigenvalue weighted by molar-refractivity contribution is 0.176. The molecule has 2 heterocycles. The molecule has 1 aliphatic heterocycles. The number of likely N-dealkylation sites (tertiary alicyclic amines) is 1. The van der Waals surface area contributed by atoms with Crippen LogP contribution in [0.3, 0.4) is 0 Å². The first-order chi connectivity index (χ1) is 8.86. The van der Waals surface area contributed by atoms with Crippen LogP contribution in [0.1, 0.15) is 33.0 Å². The molecule has 0 aliphatic carbocycles. The van der Waals surface area contributed by atoms with E-state index >= 15 is 0 Å². The van der Waals surface area contributed by atoms with Crippen molar-refractivity contribution in [3.63, 3.8) is 0 Å². The molecule has 1 aliphatic rings. The number of carbonyl (C=O) groups excluding carboxylic acids is 1. The van der Waals surface area contributed by atoms with Crippen LogP contribution in [0.2, 0.25) is 0 Å². The minimum Gasteiger partial charge on any atom is -0.391 e. The zero-order valence-corrected chi connectivity index (χ0v) is 11.6. The van der Waals surface area contributed by atoms with Crippen LogP contribution in [-0.2, 0) is 5.41 Å². The maximum atomic E-state index is 11.9. The molecule has 1 saturated heterocycles. The van der Waals surface area contributed by atoms with Crippen LogP contribution in [0.4, 0.5) is 10.5 Å². The van der Waals surface area contributed by atoms with Gasteiger partial charge in [0, 0.05) is 18.5 Å². The van der Waals surface area contributed by atoms with Gasteiger partial charge >= 0.3 is 6.03 Å². The van der Waals surface area contributed by atoms with Crippen molar-refractivity contribution in [3.8, 4) is 0 Å². The summed E-state index contributed by atoms with van der Waals surface area (Å²) in [5.41, 5.74) is 0.459. The molecule has 2 rings (SSSR count). The van der Waals surface area contributed by atoms with Crippen molar-refractivity contribution in [3.05, 3.63) is 18.2 Å². The summed E-state index contributed by atoms with van der Waals surface area (Å²) in [5.74, 6) is 0.738. The highest BCUT2D eigenvalue weighted by Crippen LogP contribution is 2.18. The molecule has 2 N–H and O–H groups in total. The largest absolute Gasteiger partial charge is 0.391 e. The summed E-state index contributed by atoms with van der Waals surface area (Å²) in [7, 11) is 0. The number of amides is 2. The molecule has 0 saturated carbocycles. The van der Waals surface area contributed by atoms with E-state index in [1.54, 1.807) is 17.3 Å². The van der Waals surface area contributed by atoms with Crippen LogP contribution in [0.5, 0.6) is 0 Å². The van der Waals surface area contributed by atoms with E-state index in [9.17, 15) is 9.90 Å². The fourth-order valence-electron chi connectivity index (χ4n) is 1.91. The number of aromatic nitrogens is 2. The normalized spacial score (nSPS) is 19.6. The van der Waals surface area contributed by atoms with Crippen molar-refractivity contribution in [2.45, 2.75) is 38.7 Å². The van der Waals surface area contributed by atoms with Crippen LogP contribution in [0, 0.1) is 0 Å². The molecule has 2 amide bonds. The maximum Gasteiger partial charge on any atom is 0.322 e. The van der Waals surface area contributed by atoms with Gasteiger partial charge in [0.25, 0.3) is 0 Å². The first-order valence-electron chi connectivity index (χ1n) is 6.43. The number of nitrogens with zero attached hydrogens (tertiary/aromatic N) is 3. The molecule has 0 unspecified atom stereocenters.